The quantitative estimate of drug-likeness (QED) is 0.484. The number of para-hydroxylation sites is 1. The standard InChI is InChI=1S/C24H27ClN4S/c1-4-5-14-28-23(22(27-24(28)30)20-11-8-9-13-26-20)18-15-16(2)29(17(18)3)21-12-7-6-10-19(21)25/h6-13,15,22-23H,4-5,14H2,1-3H3,(H,27,30)/t22-,23+/m0/s1. The number of thiocarbonyl (C=S) groups is 1. The van der Waals surface area contributed by atoms with Gasteiger partial charge in [0.25, 0.3) is 0 Å². The molecule has 0 saturated carbocycles. The van der Waals surface area contributed by atoms with Crippen LogP contribution >= 0.6 is 23.8 Å². The molecule has 4 rings (SSSR count). The molecule has 3 aromatic rings. The summed E-state index contributed by atoms with van der Waals surface area (Å²) in [7, 11) is 0. The van der Waals surface area contributed by atoms with Gasteiger partial charge in [0.05, 0.1) is 28.5 Å². The molecule has 1 saturated heterocycles. The van der Waals surface area contributed by atoms with E-state index in [4.69, 9.17) is 23.8 Å². The number of hydrogen-bond donors (Lipinski definition) is 1. The molecule has 4 nitrogen and oxygen atoms in total. The van der Waals surface area contributed by atoms with Gasteiger partial charge in [-0.05, 0) is 68.4 Å². The number of halogens is 1. The van der Waals surface area contributed by atoms with Crippen molar-refractivity contribution in [2.75, 3.05) is 6.54 Å². The second kappa shape index (κ2) is 8.78. The maximum Gasteiger partial charge on any atom is 0.170 e. The lowest BCUT2D eigenvalue weighted by molar-refractivity contribution is 0.312. The molecule has 2 aromatic heterocycles. The number of unbranched alkanes of at least 4 members (excludes halogenated alkanes) is 1. The van der Waals surface area contributed by atoms with Gasteiger partial charge < -0.3 is 14.8 Å². The molecule has 1 aromatic carbocycles. The Bertz CT molecular complexity index is 1050. The Morgan fingerprint density at radius 3 is 2.60 bits per heavy atom. The lowest BCUT2D eigenvalue weighted by atomic mass is 9.96. The highest BCUT2D eigenvalue weighted by Gasteiger charge is 2.41. The third-order valence-corrected chi connectivity index (χ3v) is 6.50. The van der Waals surface area contributed by atoms with Crippen molar-refractivity contribution in [3.63, 3.8) is 0 Å². The molecule has 1 N–H and O–H groups in total. The SMILES string of the molecule is CCCCN1C(=S)N[C@@H](c2ccccn2)[C@H]1c1cc(C)n(-c2ccccc2Cl)c1C. The van der Waals surface area contributed by atoms with Crippen molar-refractivity contribution in [2.24, 2.45) is 0 Å². The minimum atomic E-state index is 0.00996. The van der Waals surface area contributed by atoms with Crippen LogP contribution in [-0.4, -0.2) is 26.1 Å². The van der Waals surface area contributed by atoms with Crippen molar-refractivity contribution < 1.29 is 0 Å². The molecule has 0 aliphatic carbocycles. The molecule has 0 bridgehead atoms. The van der Waals surface area contributed by atoms with Gasteiger partial charge in [-0.15, -0.1) is 0 Å². The number of rotatable bonds is 6. The lowest BCUT2D eigenvalue weighted by Gasteiger charge is -2.28. The predicted octanol–water partition coefficient (Wildman–Crippen LogP) is 5.92. The molecule has 0 unspecified atom stereocenters. The monoisotopic (exact) mass is 438 g/mol. The minimum Gasteiger partial charge on any atom is -0.352 e. The zero-order chi connectivity index (χ0) is 21.3. The molecule has 156 valence electrons. The van der Waals surface area contributed by atoms with E-state index in [9.17, 15) is 0 Å². The molecule has 0 amide bonds. The Kier molecular flexibility index (Phi) is 6.11. The van der Waals surface area contributed by atoms with E-state index in [1.54, 1.807) is 0 Å². The Labute approximate surface area is 188 Å². The van der Waals surface area contributed by atoms with Crippen molar-refractivity contribution in [3.8, 4) is 5.69 Å². The van der Waals surface area contributed by atoms with Gasteiger partial charge in [0.1, 0.15) is 0 Å². The summed E-state index contributed by atoms with van der Waals surface area (Å²) in [6.45, 7) is 7.43. The molecule has 0 spiro atoms. The number of pyridine rings is 1. The molecule has 1 fully saturated rings. The zero-order valence-corrected chi connectivity index (χ0v) is 19.2. The summed E-state index contributed by atoms with van der Waals surface area (Å²) in [5.74, 6) is 0. The van der Waals surface area contributed by atoms with Crippen LogP contribution in [0.3, 0.4) is 0 Å². The fourth-order valence-electron chi connectivity index (χ4n) is 4.40. The van der Waals surface area contributed by atoms with Crippen LogP contribution < -0.4 is 5.32 Å². The average Bonchev–Trinajstić information content (AvgIpc) is 3.23. The predicted molar refractivity (Wildman–Crippen MR) is 127 cm³/mol. The van der Waals surface area contributed by atoms with E-state index in [1.807, 2.05) is 36.5 Å². The van der Waals surface area contributed by atoms with Gasteiger partial charge in [-0.1, -0.05) is 43.1 Å². The molecule has 1 aliphatic rings. The number of nitrogens with one attached hydrogen (secondary N) is 1. The molecule has 1 aliphatic heterocycles. The third kappa shape index (κ3) is 3.72. The van der Waals surface area contributed by atoms with Gasteiger partial charge in [-0.3, -0.25) is 4.98 Å². The maximum atomic E-state index is 6.54. The first-order valence-electron chi connectivity index (χ1n) is 10.4. The topological polar surface area (TPSA) is 33.1 Å². The molecular weight excluding hydrogens is 412 g/mol. The summed E-state index contributed by atoms with van der Waals surface area (Å²) < 4.78 is 2.24. The van der Waals surface area contributed by atoms with Crippen molar-refractivity contribution >= 4 is 28.9 Å². The number of aryl methyl sites for hydroxylation is 1. The number of nitrogens with zero attached hydrogens (tertiary/aromatic N) is 3. The summed E-state index contributed by atoms with van der Waals surface area (Å²) in [6.07, 6.45) is 4.06. The highest BCUT2D eigenvalue weighted by molar-refractivity contribution is 7.80. The van der Waals surface area contributed by atoms with Gasteiger partial charge in [-0.2, -0.15) is 0 Å². The summed E-state index contributed by atoms with van der Waals surface area (Å²) in [6, 6.07) is 16.4. The van der Waals surface area contributed by atoms with Crippen LogP contribution in [-0.2, 0) is 0 Å². The van der Waals surface area contributed by atoms with Gasteiger partial charge in [0.2, 0.25) is 0 Å². The van der Waals surface area contributed by atoms with E-state index < -0.39 is 0 Å². The van der Waals surface area contributed by atoms with Crippen molar-refractivity contribution in [2.45, 2.75) is 45.7 Å². The summed E-state index contributed by atoms with van der Waals surface area (Å²) in [5.41, 5.74) is 5.60. The van der Waals surface area contributed by atoms with Crippen molar-refractivity contribution in [1.82, 2.24) is 19.8 Å². The number of hydrogen-bond acceptors (Lipinski definition) is 2. The fraction of sp³-hybridized carbons (Fsp3) is 0.333. The van der Waals surface area contributed by atoms with Gasteiger partial charge in [0.15, 0.2) is 5.11 Å². The van der Waals surface area contributed by atoms with E-state index in [-0.39, 0.29) is 12.1 Å². The van der Waals surface area contributed by atoms with E-state index in [0.29, 0.717) is 0 Å². The highest BCUT2D eigenvalue weighted by Crippen LogP contribution is 2.41. The van der Waals surface area contributed by atoms with Crippen LogP contribution in [0.2, 0.25) is 5.02 Å². The Morgan fingerprint density at radius 1 is 1.13 bits per heavy atom. The van der Waals surface area contributed by atoms with Crippen molar-refractivity contribution in [3.05, 3.63) is 82.4 Å². The first kappa shape index (κ1) is 20.9. The second-order valence-electron chi connectivity index (χ2n) is 7.79. The van der Waals surface area contributed by atoms with Crippen molar-refractivity contribution in [1.29, 1.82) is 0 Å². The van der Waals surface area contributed by atoms with Gasteiger partial charge in [0, 0.05) is 24.1 Å². The Hall–Kier alpha value is -2.37. The Balaban J connectivity index is 1.83. The normalized spacial score (nSPS) is 18.7. The molecule has 0 radical (unpaired) electrons. The van der Waals surface area contributed by atoms with Crippen LogP contribution in [0, 0.1) is 13.8 Å². The van der Waals surface area contributed by atoms with Crippen LogP contribution in [0.1, 0.15) is 54.5 Å². The second-order valence-corrected chi connectivity index (χ2v) is 8.58. The number of benzene rings is 1. The van der Waals surface area contributed by atoms with Gasteiger partial charge in [-0.25, -0.2) is 0 Å². The molecule has 2 atom stereocenters. The third-order valence-electron chi connectivity index (χ3n) is 5.83. The minimum absolute atomic E-state index is 0.00996. The van der Waals surface area contributed by atoms with Crippen LogP contribution in [0.25, 0.3) is 5.69 Å². The first-order chi connectivity index (χ1) is 14.5. The smallest absolute Gasteiger partial charge is 0.170 e. The van der Waals surface area contributed by atoms with Crippen LogP contribution in [0.4, 0.5) is 0 Å². The van der Waals surface area contributed by atoms with E-state index in [2.05, 4.69) is 58.7 Å². The summed E-state index contributed by atoms with van der Waals surface area (Å²) >= 11 is 12.3. The lowest BCUT2D eigenvalue weighted by Crippen LogP contribution is -2.30. The average molecular weight is 439 g/mol. The van der Waals surface area contributed by atoms with E-state index in [0.717, 1.165) is 46.6 Å². The molecular formula is C24H27ClN4S. The largest absolute Gasteiger partial charge is 0.352 e. The first-order valence-corrected chi connectivity index (χ1v) is 11.2. The molecule has 6 heteroatoms. The van der Waals surface area contributed by atoms with Gasteiger partial charge >= 0.3 is 0 Å². The summed E-state index contributed by atoms with van der Waals surface area (Å²) in [5, 5.41) is 5.09. The molecule has 30 heavy (non-hydrogen) atoms. The zero-order valence-electron chi connectivity index (χ0n) is 17.6. The van der Waals surface area contributed by atoms with Crippen LogP contribution in [0.15, 0.2) is 54.7 Å². The van der Waals surface area contributed by atoms with E-state index in [1.165, 1.54) is 11.3 Å². The fourth-order valence-corrected chi connectivity index (χ4v) is 4.96. The van der Waals surface area contributed by atoms with E-state index >= 15 is 0 Å². The Morgan fingerprint density at radius 2 is 1.90 bits per heavy atom. The maximum absolute atomic E-state index is 6.54. The van der Waals surface area contributed by atoms with Crippen LogP contribution in [0.5, 0.6) is 0 Å². The number of aromatic nitrogens is 2. The molecule has 3 heterocycles. The summed E-state index contributed by atoms with van der Waals surface area (Å²) in [4.78, 5) is 6.97. The highest BCUT2D eigenvalue weighted by atomic mass is 35.5.